The van der Waals surface area contributed by atoms with Gasteiger partial charge in [0.05, 0.1) is 14.3 Å². The Labute approximate surface area is 212 Å². The van der Waals surface area contributed by atoms with Gasteiger partial charge >= 0.3 is 0 Å². The van der Waals surface area contributed by atoms with Gasteiger partial charge in [-0.15, -0.1) is 9.45 Å². The third-order valence-electron chi connectivity index (χ3n) is 4.91. The Hall–Kier alpha value is 0.890. The summed E-state index contributed by atoms with van der Waals surface area (Å²) in [6, 6.07) is 0. The van der Waals surface area contributed by atoms with Crippen molar-refractivity contribution in [2.45, 2.75) is 45.4 Å². The normalized spacial score (nSPS) is 12.8. The Bertz CT molecular complexity index is 582. The van der Waals surface area contributed by atoms with Crippen LogP contribution in [-0.2, 0) is 34.6 Å². The van der Waals surface area contributed by atoms with E-state index < -0.39 is 14.3 Å². The molecule has 0 heterocycles. The van der Waals surface area contributed by atoms with E-state index in [4.69, 9.17) is 31.6 Å². The summed E-state index contributed by atoms with van der Waals surface area (Å²) >= 11 is 6.36. The summed E-state index contributed by atoms with van der Waals surface area (Å²) in [4.78, 5) is 10.7. The van der Waals surface area contributed by atoms with Crippen LogP contribution in [0, 0.1) is 0 Å². The average Bonchev–Trinajstić information content (AvgIpc) is 2.77. The first-order chi connectivity index (χ1) is 15.6. The summed E-state index contributed by atoms with van der Waals surface area (Å²) in [5, 5.41) is 35.2. The lowest BCUT2D eigenvalue weighted by Gasteiger charge is -2.17. The van der Waals surface area contributed by atoms with Gasteiger partial charge in [-0.2, -0.15) is 0 Å². The van der Waals surface area contributed by atoms with Gasteiger partial charge in [0.1, 0.15) is 0 Å². The average molecular weight is 569 g/mol. The number of hydrogen-bond acceptors (Lipinski definition) is 9. The topological polar surface area (TPSA) is 132 Å². The van der Waals surface area contributed by atoms with Crippen LogP contribution in [0.1, 0.15) is 45.4 Å². The van der Waals surface area contributed by atoms with E-state index in [1.807, 2.05) is 6.26 Å². The maximum absolute atomic E-state index is 12.5. The molecule has 4 N–H and O–H groups in total. The molecule has 0 radical (unpaired) electrons. The maximum Gasteiger partial charge on any atom is 0.185 e. The number of aliphatic hydroxyl groups is 4. The van der Waals surface area contributed by atoms with Gasteiger partial charge in [-0.1, -0.05) is 22.9 Å². The van der Waals surface area contributed by atoms with Crippen LogP contribution in [0.4, 0.5) is 0 Å². The fourth-order valence-electron chi connectivity index (χ4n) is 3.23. The molecule has 0 fully saturated rings. The predicted octanol–water partition coefficient (Wildman–Crippen LogP) is 3.00. The van der Waals surface area contributed by atoms with Crippen LogP contribution in [0.25, 0.3) is 0 Å². The molecule has 200 valence electrons. The molecule has 0 aliphatic heterocycles. The molecule has 33 heavy (non-hydrogen) atoms. The van der Waals surface area contributed by atoms with Gasteiger partial charge in [-0.05, 0) is 50.5 Å². The van der Waals surface area contributed by atoms with E-state index in [0.29, 0.717) is 62.2 Å². The first kappa shape index (κ1) is 36.0. The van der Waals surface area contributed by atoms with Gasteiger partial charge in [0.15, 0.2) is 5.12 Å². The molecule has 7 nitrogen and oxygen atoms in total. The summed E-state index contributed by atoms with van der Waals surface area (Å²) in [5.74, 6) is 1.66. The van der Waals surface area contributed by atoms with Crippen molar-refractivity contribution < 1.29 is 34.4 Å². The van der Waals surface area contributed by atoms with Crippen LogP contribution < -0.4 is 0 Å². The summed E-state index contributed by atoms with van der Waals surface area (Å²) in [5.41, 5.74) is 0. The monoisotopic (exact) mass is 568 g/mol. The molecule has 0 aromatic rings. The van der Waals surface area contributed by atoms with Crippen molar-refractivity contribution in [1.29, 1.82) is 0 Å². The number of thioether (sulfide) groups is 1. The van der Waals surface area contributed by atoms with Crippen LogP contribution in [-0.4, -0.2) is 107 Å². The van der Waals surface area contributed by atoms with Gasteiger partial charge in [0.2, 0.25) is 0 Å². The lowest BCUT2D eigenvalue weighted by molar-refractivity contribution is -0.109. The Morgan fingerprint density at radius 1 is 0.727 bits per heavy atom. The van der Waals surface area contributed by atoms with E-state index in [2.05, 4.69) is 0 Å². The molecular formula is C21H46O7P2S3. The number of rotatable bonds is 20. The Morgan fingerprint density at radius 2 is 1.06 bits per heavy atom. The summed E-state index contributed by atoms with van der Waals surface area (Å²) < 4.78 is 24.9. The molecule has 0 rings (SSSR count). The van der Waals surface area contributed by atoms with E-state index in [1.54, 1.807) is 0 Å². The minimum absolute atomic E-state index is 0.00175. The SMILES string of the molecule is CC(=O)SCCCP(=O)(CCCO)CCCO.CS(=S)CCCP(=O)(CCCO)CCCO. The second-order valence-corrected chi connectivity index (χ2v) is 19.5. The third kappa shape index (κ3) is 24.4. The Morgan fingerprint density at radius 3 is 1.36 bits per heavy atom. The highest BCUT2D eigenvalue weighted by Gasteiger charge is 2.21. The molecule has 0 bridgehead atoms. The molecule has 0 aliphatic rings. The smallest absolute Gasteiger partial charge is 0.185 e. The van der Waals surface area contributed by atoms with Crippen molar-refractivity contribution in [2.24, 2.45) is 0 Å². The third-order valence-corrected chi connectivity index (χ3v) is 14.0. The summed E-state index contributed by atoms with van der Waals surface area (Å²) in [7, 11) is -4.43. The Balaban J connectivity index is 0. The molecule has 0 aliphatic carbocycles. The molecule has 1 atom stereocenters. The number of aliphatic hydroxyl groups excluding tert-OH is 4. The lowest BCUT2D eigenvalue weighted by atomic mass is 10.5. The second-order valence-electron chi connectivity index (χ2n) is 8.09. The van der Waals surface area contributed by atoms with Crippen molar-refractivity contribution >= 4 is 51.8 Å². The minimum atomic E-state index is -2.26. The van der Waals surface area contributed by atoms with Crippen LogP contribution in [0.5, 0.6) is 0 Å². The van der Waals surface area contributed by atoms with Gasteiger partial charge in [0.25, 0.3) is 0 Å². The molecule has 0 aromatic carbocycles. The van der Waals surface area contributed by atoms with Crippen LogP contribution in [0.15, 0.2) is 0 Å². The summed E-state index contributed by atoms with van der Waals surface area (Å²) in [6.07, 6.45) is 9.68. The van der Waals surface area contributed by atoms with Crippen molar-refractivity contribution in [3.8, 4) is 0 Å². The molecule has 0 aromatic heterocycles. The Kier molecular flexibility index (Phi) is 25.5. The first-order valence-electron chi connectivity index (χ1n) is 11.6. The standard InChI is InChI=1S/C11H23O4PS.C10H23O3PS2/c1-11(14)17-10-4-9-16(15,7-2-5-12)8-3-6-13;1-16(15)10-4-9-14(13,7-2-5-11)8-3-6-12/h12-13H,2-10H2,1H3;11-12H,2-10H2,1H3. The van der Waals surface area contributed by atoms with Gasteiger partial charge in [-0.25, -0.2) is 0 Å². The van der Waals surface area contributed by atoms with Crippen molar-refractivity contribution in [3.05, 3.63) is 0 Å². The van der Waals surface area contributed by atoms with Crippen molar-refractivity contribution in [3.63, 3.8) is 0 Å². The van der Waals surface area contributed by atoms with E-state index in [0.717, 1.165) is 24.8 Å². The highest BCUT2D eigenvalue weighted by Crippen LogP contribution is 2.48. The number of carbonyl (C=O) groups is 1. The zero-order valence-electron chi connectivity index (χ0n) is 20.4. The quantitative estimate of drug-likeness (QED) is 0.129. The summed E-state index contributed by atoms with van der Waals surface area (Å²) in [6.45, 7) is 1.85. The van der Waals surface area contributed by atoms with Gasteiger partial charge < -0.3 is 29.6 Å². The fraction of sp³-hybridized carbons (Fsp3) is 0.952. The molecule has 0 saturated carbocycles. The largest absolute Gasteiger partial charge is 0.396 e. The van der Waals surface area contributed by atoms with Crippen LogP contribution in [0.2, 0.25) is 0 Å². The number of carbonyl (C=O) groups excluding carboxylic acids is 1. The van der Waals surface area contributed by atoms with Gasteiger partial charge in [-0.3, -0.25) is 4.79 Å². The highest BCUT2D eigenvalue weighted by atomic mass is 32.8. The van der Waals surface area contributed by atoms with Crippen molar-refractivity contribution in [2.75, 3.05) is 81.2 Å². The fourth-order valence-corrected chi connectivity index (χ4v) is 10.8. The molecular weight excluding hydrogens is 522 g/mol. The van der Waals surface area contributed by atoms with Crippen LogP contribution >= 0.6 is 26.0 Å². The zero-order chi connectivity index (χ0) is 25.6. The zero-order valence-corrected chi connectivity index (χ0v) is 24.6. The van der Waals surface area contributed by atoms with E-state index in [1.165, 1.54) is 18.7 Å². The van der Waals surface area contributed by atoms with E-state index in [-0.39, 0.29) is 41.0 Å². The molecule has 0 amide bonds. The van der Waals surface area contributed by atoms with Crippen LogP contribution in [0.3, 0.4) is 0 Å². The second kappa shape index (κ2) is 23.3. The van der Waals surface area contributed by atoms with Crippen molar-refractivity contribution in [1.82, 2.24) is 0 Å². The molecule has 12 heteroatoms. The molecule has 0 saturated heterocycles. The predicted molar refractivity (Wildman–Crippen MR) is 149 cm³/mol. The van der Waals surface area contributed by atoms with Gasteiger partial charge in [0, 0.05) is 76.1 Å². The minimum Gasteiger partial charge on any atom is -0.396 e. The highest BCUT2D eigenvalue weighted by molar-refractivity contribution is 8.28. The maximum atomic E-state index is 12.5. The molecule has 1 unspecified atom stereocenters. The lowest BCUT2D eigenvalue weighted by Crippen LogP contribution is -2.06. The molecule has 0 spiro atoms. The van der Waals surface area contributed by atoms with E-state index in [9.17, 15) is 13.9 Å². The number of hydrogen-bond donors (Lipinski definition) is 4. The van der Waals surface area contributed by atoms with E-state index >= 15 is 0 Å². The first-order valence-corrected chi connectivity index (χ1v) is 19.8.